The van der Waals surface area contributed by atoms with Crippen LogP contribution in [0.15, 0.2) is 24.3 Å². The lowest BCUT2D eigenvalue weighted by atomic mass is 9.97. The minimum atomic E-state index is -0.833. The van der Waals surface area contributed by atoms with Crippen LogP contribution >= 0.6 is 0 Å². The first-order chi connectivity index (χ1) is 9.99. The molecule has 114 valence electrons. The number of aryl methyl sites for hydroxylation is 1. The quantitative estimate of drug-likeness (QED) is 0.839. The van der Waals surface area contributed by atoms with Crippen molar-refractivity contribution >= 4 is 17.5 Å². The van der Waals surface area contributed by atoms with Crippen molar-refractivity contribution in [1.82, 2.24) is 5.32 Å². The monoisotopic (exact) mass is 290 g/mol. The zero-order valence-corrected chi connectivity index (χ0v) is 12.8. The van der Waals surface area contributed by atoms with Gasteiger partial charge in [-0.15, -0.1) is 0 Å². The Morgan fingerprint density at radius 3 is 2.67 bits per heavy atom. The molecule has 0 bridgehead atoms. The van der Waals surface area contributed by atoms with Crippen LogP contribution in [0.3, 0.4) is 0 Å². The molecular weight excluding hydrogens is 268 g/mol. The highest BCUT2D eigenvalue weighted by Crippen LogP contribution is 2.35. The van der Waals surface area contributed by atoms with E-state index in [0.29, 0.717) is 26.0 Å². The van der Waals surface area contributed by atoms with Gasteiger partial charge in [0.15, 0.2) is 0 Å². The van der Waals surface area contributed by atoms with Gasteiger partial charge in [0.05, 0.1) is 6.61 Å². The van der Waals surface area contributed by atoms with E-state index in [0.717, 1.165) is 11.3 Å². The van der Waals surface area contributed by atoms with Crippen LogP contribution in [0.2, 0.25) is 0 Å². The lowest BCUT2D eigenvalue weighted by molar-refractivity contribution is -0.127. The molecule has 1 aromatic carbocycles. The van der Waals surface area contributed by atoms with E-state index in [-0.39, 0.29) is 11.8 Å². The van der Waals surface area contributed by atoms with Gasteiger partial charge in [-0.05, 0) is 32.4 Å². The predicted octanol–water partition coefficient (Wildman–Crippen LogP) is 1.64. The molecule has 21 heavy (non-hydrogen) atoms. The number of methoxy groups -OCH3 is 1. The molecule has 1 fully saturated rings. The van der Waals surface area contributed by atoms with Gasteiger partial charge in [-0.2, -0.15) is 0 Å². The van der Waals surface area contributed by atoms with Crippen LogP contribution in [0.5, 0.6) is 0 Å². The fraction of sp³-hybridized carbons (Fsp3) is 0.500. The molecule has 1 saturated heterocycles. The van der Waals surface area contributed by atoms with Crippen LogP contribution in [-0.4, -0.2) is 37.6 Å². The lowest BCUT2D eigenvalue weighted by Crippen LogP contribution is -2.55. The number of hydrogen-bond donors (Lipinski definition) is 1. The fourth-order valence-corrected chi connectivity index (χ4v) is 2.64. The molecule has 1 atom stereocenters. The highest BCUT2D eigenvalue weighted by Gasteiger charge is 2.47. The maximum atomic E-state index is 12.5. The van der Waals surface area contributed by atoms with Crippen molar-refractivity contribution in [2.24, 2.45) is 0 Å². The average molecular weight is 290 g/mol. The molecule has 5 nitrogen and oxygen atoms in total. The fourth-order valence-electron chi connectivity index (χ4n) is 2.64. The second-order valence-corrected chi connectivity index (χ2v) is 5.59. The number of rotatable bonds is 5. The molecule has 5 heteroatoms. The lowest BCUT2D eigenvalue weighted by Gasteiger charge is -2.34. The summed E-state index contributed by atoms with van der Waals surface area (Å²) in [6.45, 7) is 4.72. The largest absolute Gasteiger partial charge is 0.383 e. The van der Waals surface area contributed by atoms with Gasteiger partial charge in [0.1, 0.15) is 5.54 Å². The van der Waals surface area contributed by atoms with Gasteiger partial charge in [-0.25, -0.2) is 0 Å². The Morgan fingerprint density at radius 1 is 1.38 bits per heavy atom. The molecule has 0 spiro atoms. The summed E-state index contributed by atoms with van der Waals surface area (Å²) in [4.78, 5) is 26.3. The van der Waals surface area contributed by atoms with Crippen molar-refractivity contribution in [3.8, 4) is 0 Å². The number of anilines is 1. The maximum absolute atomic E-state index is 12.5. The van der Waals surface area contributed by atoms with E-state index in [1.165, 1.54) is 0 Å². The van der Waals surface area contributed by atoms with Crippen molar-refractivity contribution in [3.05, 3.63) is 29.8 Å². The molecule has 0 aliphatic carbocycles. The second kappa shape index (κ2) is 6.26. The minimum absolute atomic E-state index is 0.0109. The van der Waals surface area contributed by atoms with Crippen LogP contribution in [0.1, 0.15) is 25.3 Å². The molecule has 0 radical (unpaired) electrons. The summed E-state index contributed by atoms with van der Waals surface area (Å²) in [5, 5.41) is 2.84. The van der Waals surface area contributed by atoms with E-state index in [1.807, 2.05) is 38.1 Å². The first kappa shape index (κ1) is 15.5. The van der Waals surface area contributed by atoms with Crippen molar-refractivity contribution < 1.29 is 14.3 Å². The van der Waals surface area contributed by atoms with Crippen molar-refractivity contribution in [3.63, 3.8) is 0 Å². The average Bonchev–Trinajstić information content (AvgIpc) is 2.77. The Hall–Kier alpha value is -1.88. The molecule has 2 rings (SSSR count). The molecule has 1 unspecified atom stereocenters. The summed E-state index contributed by atoms with van der Waals surface area (Å²) >= 11 is 0. The number of benzene rings is 1. The summed E-state index contributed by atoms with van der Waals surface area (Å²) in [5.74, 6) is -0.144. The van der Waals surface area contributed by atoms with Crippen molar-refractivity contribution in [2.45, 2.75) is 32.2 Å². The highest BCUT2D eigenvalue weighted by atomic mass is 16.5. The zero-order chi connectivity index (χ0) is 15.5. The van der Waals surface area contributed by atoms with Gasteiger partial charge in [0, 0.05) is 25.8 Å². The molecule has 1 aliphatic heterocycles. The normalized spacial score (nSPS) is 21.7. The zero-order valence-electron chi connectivity index (χ0n) is 12.8. The summed E-state index contributed by atoms with van der Waals surface area (Å²) in [5.41, 5.74) is 1.06. The summed E-state index contributed by atoms with van der Waals surface area (Å²) in [6.07, 6.45) is 0.917. The first-order valence-electron chi connectivity index (χ1n) is 7.16. The summed E-state index contributed by atoms with van der Waals surface area (Å²) in [6, 6.07) is 7.67. The number of carbonyl (C=O) groups is 2. The van der Waals surface area contributed by atoms with E-state index in [4.69, 9.17) is 4.74 Å². The number of ether oxygens (including phenoxy) is 1. The third-order valence-corrected chi connectivity index (χ3v) is 3.94. The molecule has 0 saturated carbocycles. The topological polar surface area (TPSA) is 58.6 Å². The van der Waals surface area contributed by atoms with E-state index >= 15 is 0 Å². The number of nitrogens with zero attached hydrogens (tertiary/aromatic N) is 1. The number of carbonyl (C=O) groups excluding carboxylic acids is 2. The van der Waals surface area contributed by atoms with Crippen molar-refractivity contribution in [1.29, 1.82) is 0 Å². The third kappa shape index (κ3) is 3.08. The Morgan fingerprint density at radius 2 is 2.05 bits per heavy atom. The summed E-state index contributed by atoms with van der Waals surface area (Å²) < 4.78 is 4.94. The second-order valence-electron chi connectivity index (χ2n) is 5.59. The Kier molecular flexibility index (Phi) is 4.63. The highest BCUT2D eigenvalue weighted by molar-refractivity contribution is 6.06. The Bertz CT molecular complexity index is 527. The number of nitrogens with one attached hydrogen (secondary N) is 1. The number of amides is 2. The van der Waals surface area contributed by atoms with Gasteiger partial charge in [-0.3, -0.25) is 14.5 Å². The third-order valence-electron chi connectivity index (χ3n) is 3.94. The Balaban J connectivity index is 2.22. The Labute approximate surface area is 125 Å². The minimum Gasteiger partial charge on any atom is -0.383 e. The molecule has 1 N–H and O–H groups in total. The van der Waals surface area contributed by atoms with Gasteiger partial charge >= 0.3 is 0 Å². The molecule has 1 heterocycles. The van der Waals surface area contributed by atoms with Gasteiger partial charge in [0.25, 0.3) is 0 Å². The standard InChI is InChI=1S/C16H22N2O3/c1-12-4-6-13(7-5-12)18-14(19)8-9-16(18,2)15(20)17-10-11-21-3/h4-7H,8-11H2,1-3H3,(H,17,20). The molecular formula is C16H22N2O3. The van der Waals surface area contributed by atoms with Crippen LogP contribution in [-0.2, 0) is 14.3 Å². The first-order valence-corrected chi connectivity index (χ1v) is 7.16. The van der Waals surface area contributed by atoms with E-state index in [9.17, 15) is 9.59 Å². The van der Waals surface area contributed by atoms with Gasteiger partial charge in [-0.1, -0.05) is 17.7 Å². The maximum Gasteiger partial charge on any atom is 0.246 e. The molecule has 1 aliphatic rings. The number of hydrogen-bond acceptors (Lipinski definition) is 3. The van der Waals surface area contributed by atoms with E-state index < -0.39 is 5.54 Å². The van der Waals surface area contributed by atoms with Crippen LogP contribution in [0.25, 0.3) is 0 Å². The van der Waals surface area contributed by atoms with E-state index in [1.54, 1.807) is 12.0 Å². The van der Waals surface area contributed by atoms with Crippen LogP contribution < -0.4 is 10.2 Å². The molecule has 2 amide bonds. The summed E-state index contributed by atoms with van der Waals surface area (Å²) in [7, 11) is 1.59. The van der Waals surface area contributed by atoms with Crippen LogP contribution in [0.4, 0.5) is 5.69 Å². The molecule has 1 aromatic rings. The smallest absolute Gasteiger partial charge is 0.246 e. The van der Waals surface area contributed by atoms with Crippen molar-refractivity contribution in [2.75, 3.05) is 25.2 Å². The molecule has 0 aromatic heterocycles. The van der Waals surface area contributed by atoms with Gasteiger partial charge < -0.3 is 10.1 Å². The van der Waals surface area contributed by atoms with Gasteiger partial charge in [0.2, 0.25) is 11.8 Å². The SMILES string of the molecule is COCCNC(=O)C1(C)CCC(=O)N1c1ccc(C)cc1. The van der Waals surface area contributed by atoms with E-state index in [2.05, 4.69) is 5.32 Å². The predicted molar refractivity (Wildman–Crippen MR) is 81.2 cm³/mol. The van der Waals surface area contributed by atoms with Crippen LogP contribution in [0, 0.1) is 6.92 Å².